The average Bonchev–Trinajstić information content (AvgIpc) is 2.70. The lowest BCUT2D eigenvalue weighted by atomic mass is 10.1. The Labute approximate surface area is 116 Å². The molecule has 2 aromatic rings. The molecule has 1 aliphatic heterocycles. The molecule has 0 aromatic carbocycles. The van der Waals surface area contributed by atoms with Crippen LogP contribution in [0.15, 0.2) is 18.5 Å². The molecule has 3 rings (SSSR count). The van der Waals surface area contributed by atoms with Crippen LogP contribution in [0, 0.1) is 6.92 Å². The van der Waals surface area contributed by atoms with E-state index in [0.717, 1.165) is 37.5 Å². The zero-order valence-electron chi connectivity index (χ0n) is 11.3. The minimum atomic E-state index is -0.0979. The standard InChI is InChI=1S/C13H16N6O/c1-9-17-18-12-3-2-11(5-7-19(9)12)16-13(20)10-4-6-14-15-8-10/h4,6,8,11H,2-3,5,7H2,1H3,(H,16,20). The van der Waals surface area contributed by atoms with Gasteiger partial charge in [-0.2, -0.15) is 10.2 Å². The molecule has 1 unspecified atom stereocenters. The highest BCUT2D eigenvalue weighted by molar-refractivity contribution is 5.93. The summed E-state index contributed by atoms with van der Waals surface area (Å²) in [6.45, 7) is 2.80. The van der Waals surface area contributed by atoms with E-state index in [1.807, 2.05) is 6.92 Å². The van der Waals surface area contributed by atoms with Gasteiger partial charge in [0.15, 0.2) is 0 Å². The van der Waals surface area contributed by atoms with E-state index in [4.69, 9.17) is 0 Å². The summed E-state index contributed by atoms with van der Waals surface area (Å²) in [6.07, 6.45) is 5.59. The van der Waals surface area contributed by atoms with Gasteiger partial charge in [-0.3, -0.25) is 4.79 Å². The lowest BCUT2D eigenvalue weighted by Gasteiger charge is -2.15. The van der Waals surface area contributed by atoms with E-state index in [0.29, 0.717) is 5.56 Å². The first-order chi connectivity index (χ1) is 9.74. The Morgan fingerprint density at radius 1 is 1.35 bits per heavy atom. The molecule has 1 amide bonds. The van der Waals surface area contributed by atoms with Gasteiger partial charge in [-0.1, -0.05) is 0 Å². The molecule has 7 heteroatoms. The predicted octanol–water partition coefficient (Wildman–Crippen LogP) is 0.511. The topological polar surface area (TPSA) is 85.6 Å². The van der Waals surface area contributed by atoms with Gasteiger partial charge in [0.25, 0.3) is 5.91 Å². The van der Waals surface area contributed by atoms with Crippen molar-refractivity contribution in [2.75, 3.05) is 0 Å². The summed E-state index contributed by atoms with van der Waals surface area (Å²) in [5, 5.41) is 18.7. The summed E-state index contributed by atoms with van der Waals surface area (Å²) in [5.41, 5.74) is 0.542. The third-order valence-corrected chi connectivity index (χ3v) is 3.61. The molecule has 1 N–H and O–H groups in total. The zero-order valence-corrected chi connectivity index (χ0v) is 11.3. The number of nitrogens with one attached hydrogen (secondary N) is 1. The van der Waals surface area contributed by atoms with Crippen molar-refractivity contribution < 1.29 is 4.79 Å². The molecule has 0 bridgehead atoms. The number of aromatic nitrogens is 5. The molecule has 20 heavy (non-hydrogen) atoms. The number of nitrogens with zero attached hydrogens (tertiary/aromatic N) is 5. The van der Waals surface area contributed by atoms with Crippen molar-refractivity contribution in [3.8, 4) is 0 Å². The number of carbonyl (C=O) groups is 1. The van der Waals surface area contributed by atoms with Gasteiger partial charge >= 0.3 is 0 Å². The number of rotatable bonds is 2. The van der Waals surface area contributed by atoms with E-state index in [1.165, 1.54) is 12.4 Å². The fraction of sp³-hybridized carbons (Fsp3) is 0.462. The summed E-state index contributed by atoms with van der Waals surface area (Å²) in [5.74, 6) is 1.84. The van der Waals surface area contributed by atoms with Crippen LogP contribution in [-0.2, 0) is 13.0 Å². The first-order valence-electron chi connectivity index (χ1n) is 6.70. The number of carbonyl (C=O) groups excluding carboxylic acids is 1. The molecule has 104 valence electrons. The van der Waals surface area contributed by atoms with Crippen LogP contribution in [0.4, 0.5) is 0 Å². The Hall–Kier alpha value is -2.31. The molecule has 0 saturated heterocycles. The number of fused-ring (bicyclic) bond motifs is 1. The lowest BCUT2D eigenvalue weighted by Crippen LogP contribution is -2.35. The van der Waals surface area contributed by atoms with Gasteiger partial charge in [-0.25, -0.2) is 0 Å². The quantitative estimate of drug-likeness (QED) is 0.861. The fourth-order valence-corrected chi connectivity index (χ4v) is 2.47. The number of hydrogen-bond donors (Lipinski definition) is 1. The Kier molecular flexibility index (Phi) is 3.41. The van der Waals surface area contributed by atoms with E-state index in [2.05, 4.69) is 30.3 Å². The Morgan fingerprint density at radius 2 is 2.25 bits per heavy atom. The second-order valence-corrected chi connectivity index (χ2v) is 4.94. The number of hydrogen-bond acceptors (Lipinski definition) is 5. The van der Waals surface area contributed by atoms with Gasteiger partial charge in [-0.15, -0.1) is 10.2 Å². The molecular weight excluding hydrogens is 256 g/mol. The number of aryl methyl sites for hydroxylation is 2. The van der Waals surface area contributed by atoms with Crippen LogP contribution in [0.2, 0.25) is 0 Å². The van der Waals surface area contributed by atoms with Crippen LogP contribution in [0.5, 0.6) is 0 Å². The molecule has 1 aliphatic rings. The maximum absolute atomic E-state index is 12.1. The second kappa shape index (κ2) is 5.36. The van der Waals surface area contributed by atoms with Crippen LogP contribution in [0.3, 0.4) is 0 Å². The molecule has 0 saturated carbocycles. The Morgan fingerprint density at radius 3 is 3.05 bits per heavy atom. The van der Waals surface area contributed by atoms with Crippen LogP contribution >= 0.6 is 0 Å². The minimum absolute atomic E-state index is 0.0979. The third-order valence-electron chi connectivity index (χ3n) is 3.61. The van der Waals surface area contributed by atoms with E-state index < -0.39 is 0 Å². The van der Waals surface area contributed by atoms with Gasteiger partial charge in [0.2, 0.25) is 0 Å². The monoisotopic (exact) mass is 272 g/mol. The zero-order chi connectivity index (χ0) is 13.9. The molecular formula is C13H16N6O. The molecule has 0 spiro atoms. The van der Waals surface area contributed by atoms with Crippen LogP contribution in [-0.4, -0.2) is 36.9 Å². The van der Waals surface area contributed by atoms with Crippen molar-refractivity contribution in [3.05, 3.63) is 35.7 Å². The number of amides is 1. The Bertz CT molecular complexity index is 609. The van der Waals surface area contributed by atoms with Crippen molar-refractivity contribution in [3.63, 3.8) is 0 Å². The highest BCUT2D eigenvalue weighted by atomic mass is 16.1. The van der Waals surface area contributed by atoms with Gasteiger partial charge in [0, 0.05) is 19.0 Å². The summed E-state index contributed by atoms with van der Waals surface area (Å²) in [4.78, 5) is 12.1. The van der Waals surface area contributed by atoms with E-state index in [1.54, 1.807) is 6.07 Å². The van der Waals surface area contributed by atoms with Gasteiger partial charge in [-0.05, 0) is 25.8 Å². The van der Waals surface area contributed by atoms with E-state index in [-0.39, 0.29) is 11.9 Å². The van der Waals surface area contributed by atoms with Crippen molar-refractivity contribution in [2.45, 2.75) is 38.8 Å². The van der Waals surface area contributed by atoms with Crippen LogP contribution in [0.25, 0.3) is 0 Å². The normalized spacial score (nSPS) is 18.1. The van der Waals surface area contributed by atoms with E-state index in [9.17, 15) is 4.79 Å². The molecule has 0 fully saturated rings. The van der Waals surface area contributed by atoms with Gasteiger partial charge in [0.05, 0.1) is 18.0 Å². The first kappa shape index (κ1) is 12.7. The smallest absolute Gasteiger partial charge is 0.253 e. The van der Waals surface area contributed by atoms with Crippen LogP contribution < -0.4 is 5.32 Å². The van der Waals surface area contributed by atoms with Crippen molar-refractivity contribution in [1.29, 1.82) is 0 Å². The largest absolute Gasteiger partial charge is 0.349 e. The maximum Gasteiger partial charge on any atom is 0.253 e. The first-order valence-corrected chi connectivity index (χ1v) is 6.70. The predicted molar refractivity (Wildman–Crippen MR) is 71.0 cm³/mol. The van der Waals surface area contributed by atoms with Crippen molar-refractivity contribution in [2.24, 2.45) is 0 Å². The SMILES string of the molecule is Cc1nnc2n1CCC(NC(=O)c1ccnnc1)CC2. The maximum atomic E-state index is 12.1. The Balaban J connectivity index is 1.64. The summed E-state index contributed by atoms with van der Waals surface area (Å²) < 4.78 is 2.13. The second-order valence-electron chi connectivity index (χ2n) is 4.94. The summed E-state index contributed by atoms with van der Waals surface area (Å²) >= 11 is 0. The fourth-order valence-electron chi connectivity index (χ4n) is 2.47. The average molecular weight is 272 g/mol. The van der Waals surface area contributed by atoms with Gasteiger partial charge in [0.1, 0.15) is 11.6 Å². The third kappa shape index (κ3) is 2.52. The molecule has 3 heterocycles. The van der Waals surface area contributed by atoms with Crippen molar-refractivity contribution in [1.82, 2.24) is 30.3 Å². The molecule has 0 radical (unpaired) electrons. The highest BCUT2D eigenvalue weighted by Crippen LogP contribution is 2.15. The minimum Gasteiger partial charge on any atom is -0.349 e. The molecule has 7 nitrogen and oxygen atoms in total. The molecule has 0 aliphatic carbocycles. The van der Waals surface area contributed by atoms with Gasteiger partial charge < -0.3 is 9.88 Å². The summed E-state index contributed by atoms with van der Waals surface area (Å²) in [6, 6.07) is 1.81. The molecule has 2 aromatic heterocycles. The molecule has 1 atom stereocenters. The summed E-state index contributed by atoms with van der Waals surface area (Å²) in [7, 11) is 0. The van der Waals surface area contributed by atoms with Crippen LogP contribution in [0.1, 0.15) is 34.8 Å². The highest BCUT2D eigenvalue weighted by Gasteiger charge is 2.20. The van der Waals surface area contributed by atoms with Crippen molar-refractivity contribution >= 4 is 5.91 Å². The lowest BCUT2D eigenvalue weighted by molar-refractivity contribution is 0.0932. The van der Waals surface area contributed by atoms with E-state index >= 15 is 0 Å².